The summed E-state index contributed by atoms with van der Waals surface area (Å²) in [6.07, 6.45) is 9.30. The Morgan fingerprint density at radius 2 is 2.11 bits per heavy atom. The van der Waals surface area contributed by atoms with Crippen molar-refractivity contribution in [3.8, 4) is 0 Å². The molecule has 3 heteroatoms. The van der Waals surface area contributed by atoms with Crippen LogP contribution < -0.4 is 10.2 Å². The summed E-state index contributed by atoms with van der Waals surface area (Å²) in [6, 6.07) is 2.95. The van der Waals surface area contributed by atoms with Crippen LogP contribution in [0.1, 0.15) is 31.2 Å². The van der Waals surface area contributed by atoms with E-state index in [1.165, 1.54) is 56.6 Å². The zero-order chi connectivity index (χ0) is 12.4. The molecule has 2 fully saturated rings. The number of piperidine rings is 1. The van der Waals surface area contributed by atoms with E-state index in [9.17, 15) is 0 Å². The van der Waals surface area contributed by atoms with E-state index < -0.39 is 0 Å². The highest BCUT2D eigenvalue weighted by molar-refractivity contribution is 5.51. The largest absolute Gasteiger partial charge is 0.371 e. The fraction of sp³-hybridized carbons (Fsp3) is 0.667. The van der Waals surface area contributed by atoms with Crippen LogP contribution in [-0.2, 0) is 0 Å². The number of rotatable bonds is 2. The molecule has 2 aliphatic heterocycles. The summed E-state index contributed by atoms with van der Waals surface area (Å²) in [7, 11) is 0. The maximum absolute atomic E-state index is 4.18. The summed E-state index contributed by atoms with van der Waals surface area (Å²) in [5, 5.41) is 3.66. The second kappa shape index (κ2) is 5.27. The van der Waals surface area contributed by atoms with Gasteiger partial charge in [-0.3, -0.25) is 4.98 Å². The van der Waals surface area contributed by atoms with Crippen LogP contribution in [0.2, 0.25) is 0 Å². The Bertz CT molecular complexity index is 390. The van der Waals surface area contributed by atoms with Gasteiger partial charge in [0.15, 0.2) is 0 Å². The van der Waals surface area contributed by atoms with Gasteiger partial charge in [-0.25, -0.2) is 0 Å². The first kappa shape index (κ1) is 12.0. The first-order valence-corrected chi connectivity index (χ1v) is 7.23. The predicted molar refractivity (Wildman–Crippen MR) is 74.9 cm³/mol. The van der Waals surface area contributed by atoms with Gasteiger partial charge in [-0.1, -0.05) is 0 Å². The first-order chi connectivity index (χ1) is 8.84. The number of hydrogen-bond acceptors (Lipinski definition) is 3. The van der Waals surface area contributed by atoms with Crippen LogP contribution in [-0.4, -0.2) is 30.7 Å². The molecule has 1 N–H and O–H groups in total. The molecule has 1 aromatic heterocycles. The van der Waals surface area contributed by atoms with E-state index in [-0.39, 0.29) is 0 Å². The van der Waals surface area contributed by atoms with Gasteiger partial charge in [0.25, 0.3) is 0 Å². The van der Waals surface area contributed by atoms with Crippen LogP contribution >= 0.6 is 0 Å². The predicted octanol–water partition coefficient (Wildman–Crippen LogP) is 2.36. The van der Waals surface area contributed by atoms with Crippen molar-refractivity contribution in [1.29, 1.82) is 0 Å². The second-order valence-electron chi connectivity index (χ2n) is 5.69. The van der Waals surface area contributed by atoms with Crippen LogP contribution in [0.3, 0.4) is 0 Å². The van der Waals surface area contributed by atoms with Crippen molar-refractivity contribution in [2.24, 2.45) is 5.92 Å². The number of hydrogen-bond donors (Lipinski definition) is 1. The van der Waals surface area contributed by atoms with Gasteiger partial charge in [0, 0.05) is 37.2 Å². The van der Waals surface area contributed by atoms with Crippen molar-refractivity contribution >= 4 is 5.69 Å². The Balaban J connectivity index is 1.61. The molecule has 3 rings (SSSR count). The van der Waals surface area contributed by atoms with Gasteiger partial charge in [-0.15, -0.1) is 0 Å². The molecule has 3 nitrogen and oxygen atoms in total. The van der Waals surface area contributed by atoms with Gasteiger partial charge in [-0.2, -0.15) is 0 Å². The van der Waals surface area contributed by atoms with E-state index in [1.54, 1.807) is 0 Å². The number of aromatic nitrogens is 1. The topological polar surface area (TPSA) is 28.2 Å². The highest BCUT2D eigenvalue weighted by Crippen LogP contribution is 2.29. The molecule has 0 aliphatic carbocycles. The SMILES string of the molecule is Cc1cnccc1N1CCC(C2CCCN2)CC1. The summed E-state index contributed by atoms with van der Waals surface area (Å²) in [5.74, 6) is 0.894. The molecule has 98 valence electrons. The number of aryl methyl sites for hydroxylation is 1. The Labute approximate surface area is 110 Å². The van der Waals surface area contributed by atoms with Crippen LogP contribution in [0.15, 0.2) is 18.5 Å². The van der Waals surface area contributed by atoms with Crippen molar-refractivity contribution in [2.75, 3.05) is 24.5 Å². The lowest BCUT2D eigenvalue weighted by Gasteiger charge is -2.36. The molecule has 0 amide bonds. The van der Waals surface area contributed by atoms with Crippen LogP contribution in [0.25, 0.3) is 0 Å². The molecule has 2 saturated heterocycles. The third-order valence-corrected chi connectivity index (χ3v) is 4.54. The third kappa shape index (κ3) is 2.37. The lowest BCUT2D eigenvalue weighted by Crippen LogP contribution is -2.41. The Hall–Kier alpha value is -1.09. The van der Waals surface area contributed by atoms with E-state index in [0.29, 0.717) is 0 Å². The maximum atomic E-state index is 4.18. The van der Waals surface area contributed by atoms with Crippen LogP contribution in [0.5, 0.6) is 0 Å². The smallest absolute Gasteiger partial charge is 0.0426 e. The zero-order valence-electron chi connectivity index (χ0n) is 11.2. The molecule has 0 saturated carbocycles. The molecule has 0 radical (unpaired) electrons. The number of pyridine rings is 1. The molecular formula is C15H23N3. The Kier molecular flexibility index (Phi) is 3.50. The lowest BCUT2D eigenvalue weighted by atomic mass is 9.88. The van der Waals surface area contributed by atoms with Crippen LogP contribution in [0, 0.1) is 12.8 Å². The van der Waals surface area contributed by atoms with Gasteiger partial charge < -0.3 is 10.2 Å². The van der Waals surface area contributed by atoms with E-state index in [0.717, 1.165) is 12.0 Å². The van der Waals surface area contributed by atoms with Gasteiger partial charge in [-0.05, 0) is 56.7 Å². The summed E-state index contributed by atoms with van der Waals surface area (Å²) in [5.41, 5.74) is 2.68. The van der Waals surface area contributed by atoms with Gasteiger partial charge >= 0.3 is 0 Å². The van der Waals surface area contributed by atoms with E-state index >= 15 is 0 Å². The quantitative estimate of drug-likeness (QED) is 0.867. The fourth-order valence-electron chi connectivity index (χ4n) is 3.48. The lowest BCUT2D eigenvalue weighted by molar-refractivity contribution is 0.319. The molecule has 0 aromatic carbocycles. The maximum Gasteiger partial charge on any atom is 0.0426 e. The van der Waals surface area contributed by atoms with Crippen molar-refractivity contribution in [1.82, 2.24) is 10.3 Å². The normalized spacial score (nSPS) is 25.6. The summed E-state index contributed by atoms with van der Waals surface area (Å²) in [4.78, 5) is 6.71. The Morgan fingerprint density at radius 1 is 1.28 bits per heavy atom. The zero-order valence-corrected chi connectivity index (χ0v) is 11.2. The molecule has 3 heterocycles. The third-order valence-electron chi connectivity index (χ3n) is 4.54. The van der Waals surface area contributed by atoms with Crippen molar-refractivity contribution in [3.63, 3.8) is 0 Å². The van der Waals surface area contributed by atoms with Gasteiger partial charge in [0.1, 0.15) is 0 Å². The first-order valence-electron chi connectivity index (χ1n) is 7.23. The van der Waals surface area contributed by atoms with Crippen molar-refractivity contribution in [2.45, 2.75) is 38.6 Å². The van der Waals surface area contributed by atoms with Gasteiger partial charge in [0.05, 0.1) is 0 Å². The number of nitrogens with one attached hydrogen (secondary N) is 1. The fourth-order valence-corrected chi connectivity index (χ4v) is 3.48. The second-order valence-corrected chi connectivity index (χ2v) is 5.69. The van der Waals surface area contributed by atoms with E-state index in [1.807, 2.05) is 12.4 Å². The Morgan fingerprint density at radius 3 is 2.78 bits per heavy atom. The monoisotopic (exact) mass is 245 g/mol. The summed E-state index contributed by atoms with van der Waals surface area (Å²) < 4.78 is 0. The van der Waals surface area contributed by atoms with Gasteiger partial charge in [0.2, 0.25) is 0 Å². The molecule has 1 atom stereocenters. The molecule has 0 spiro atoms. The van der Waals surface area contributed by atoms with Crippen molar-refractivity contribution in [3.05, 3.63) is 24.0 Å². The minimum absolute atomic E-state index is 0.797. The number of nitrogens with zero attached hydrogens (tertiary/aromatic N) is 2. The van der Waals surface area contributed by atoms with E-state index in [4.69, 9.17) is 0 Å². The minimum Gasteiger partial charge on any atom is -0.371 e. The molecular weight excluding hydrogens is 222 g/mol. The summed E-state index contributed by atoms with van der Waals surface area (Å²) >= 11 is 0. The summed E-state index contributed by atoms with van der Waals surface area (Å²) in [6.45, 7) is 5.79. The highest BCUT2D eigenvalue weighted by atomic mass is 15.1. The van der Waals surface area contributed by atoms with Crippen LogP contribution in [0.4, 0.5) is 5.69 Å². The molecule has 1 unspecified atom stereocenters. The minimum atomic E-state index is 0.797. The number of anilines is 1. The van der Waals surface area contributed by atoms with E-state index in [2.05, 4.69) is 28.2 Å². The standard InChI is InChI=1S/C15H23N3/c1-12-11-16-8-4-15(12)18-9-5-13(6-10-18)14-3-2-7-17-14/h4,8,11,13-14,17H,2-3,5-7,9-10H2,1H3. The highest BCUT2D eigenvalue weighted by Gasteiger charge is 2.28. The van der Waals surface area contributed by atoms with Crippen molar-refractivity contribution < 1.29 is 0 Å². The molecule has 18 heavy (non-hydrogen) atoms. The molecule has 2 aliphatic rings. The average molecular weight is 245 g/mol. The molecule has 1 aromatic rings. The average Bonchev–Trinajstić information content (AvgIpc) is 2.94. The molecule has 0 bridgehead atoms.